The largest absolute Gasteiger partial charge is 0.351 e. The average molecular weight is 355 g/mol. The summed E-state index contributed by atoms with van der Waals surface area (Å²) in [7, 11) is 0. The Morgan fingerprint density at radius 2 is 2.04 bits per heavy atom. The van der Waals surface area contributed by atoms with Crippen molar-refractivity contribution < 1.29 is 4.79 Å². The third-order valence-electron chi connectivity index (χ3n) is 4.58. The van der Waals surface area contributed by atoms with Crippen LogP contribution in [0.3, 0.4) is 0 Å². The number of aliphatic imine (C=N–C) groups is 1. The molecule has 3 N–H and O–H groups in total. The highest BCUT2D eigenvalue weighted by atomic mass is 35.5. The molecule has 7 heteroatoms. The fourth-order valence-corrected chi connectivity index (χ4v) is 4.10. The summed E-state index contributed by atoms with van der Waals surface area (Å²) in [5.41, 5.74) is 1.15. The number of hydrogen-bond acceptors (Lipinski definition) is 3. The van der Waals surface area contributed by atoms with Crippen LogP contribution in [-0.2, 0) is 0 Å². The van der Waals surface area contributed by atoms with Crippen molar-refractivity contribution in [1.82, 2.24) is 16.0 Å². The molecule has 2 aliphatic rings. The van der Waals surface area contributed by atoms with E-state index in [2.05, 4.69) is 27.9 Å². The Morgan fingerprint density at radius 3 is 2.65 bits per heavy atom. The molecule has 1 aromatic rings. The zero-order valence-corrected chi connectivity index (χ0v) is 14.6. The Hall–Kier alpha value is -1.46. The van der Waals surface area contributed by atoms with Gasteiger partial charge in [0.25, 0.3) is 0 Å². The van der Waals surface area contributed by atoms with Crippen molar-refractivity contribution in [2.45, 2.75) is 38.3 Å². The number of rotatable bonds is 2. The van der Waals surface area contributed by atoms with E-state index in [9.17, 15) is 4.79 Å². The predicted octanol–water partition coefficient (Wildman–Crippen LogP) is 3.13. The molecule has 0 saturated heterocycles. The van der Waals surface area contributed by atoms with Crippen molar-refractivity contribution in [2.24, 2.45) is 10.9 Å². The normalized spacial score (nSPS) is 28.8. The molecule has 1 heterocycles. The first kappa shape index (κ1) is 16.4. The van der Waals surface area contributed by atoms with Crippen LogP contribution in [0.1, 0.15) is 31.7 Å². The zero-order valence-electron chi connectivity index (χ0n) is 13.1. The van der Waals surface area contributed by atoms with Crippen LogP contribution in [0.5, 0.6) is 0 Å². The van der Waals surface area contributed by atoms with Crippen LogP contribution >= 0.6 is 23.2 Å². The average Bonchev–Trinajstić information content (AvgIpc) is 2.97. The minimum atomic E-state index is -0.232. The third-order valence-corrected chi connectivity index (χ3v) is 5.01. The molecule has 1 fully saturated rings. The molecule has 2 unspecified atom stereocenters. The number of urea groups is 1. The molecule has 1 aliphatic carbocycles. The van der Waals surface area contributed by atoms with Crippen molar-refractivity contribution in [1.29, 1.82) is 0 Å². The van der Waals surface area contributed by atoms with Crippen LogP contribution in [0.15, 0.2) is 23.2 Å². The second-order valence-corrected chi connectivity index (χ2v) is 6.98. The number of carbonyl (C=O) groups is 1. The molecule has 1 saturated carbocycles. The quantitative estimate of drug-likeness (QED) is 0.763. The summed E-state index contributed by atoms with van der Waals surface area (Å²) in [6, 6.07) is 5.85. The van der Waals surface area contributed by atoms with Crippen molar-refractivity contribution in [3.8, 4) is 0 Å². The highest BCUT2D eigenvalue weighted by Gasteiger charge is 2.45. The van der Waals surface area contributed by atoms with Gasteiger partial charge in [0.15, 0.2) is 5.96 Å². The number of carbonyl (C=O) groups excluding carboxylic acids is 1. The maximum atomic E-state index is 11.6. The molecule has 23 heavy (non-hydrogen) atoms. The third kappa shape index (κ3) is 3.40. The summed E-state index contributed by atoms with van der Waals surface area (Å²) >= 11 is 12.2. The lowest BCUT2D eigenvalue weighted by molar-refractivity contribution is 0.245. The predicted molar refractivity (Wildman–Crippen MR) is 93.3 cm³/mol. The molecule has 4 atom stereocenters. The molecule has 0 radical (unpaired) electrons. The molecule has 1 aliphatic heterocycles. The van der Waals surface area contributed by atoms with E-state index in [1.54, 1.807) is 6.07 Å². The highest BCUT2D eigenvalue weighted by molar-refractivity contribution is 6.34. The number of amides is 2. The molecule has 0 spiro atoms. The van der Waals surface area contributed by atoms with Gasteiger partial charge in [-0.3, -0.25) is 5.32 Å². The molecule has 1 aromatic carbocycles. The summed E-state index contributed by atoms with van der Waals surface area (Å²) in [5.74, 6) is 1.25. The van der Waals surface area contributed by atoms with Crippen LogP contribution in [0.4, 0.5) is 4.79 Å². The Balaban J connectivity index is 1.72. The van der Waals surface area contributed by atoms with Gasteiger partial charge in [-0.15, -0.1) is 0 Å². The van der Waals surface area contributed by atoms with Crippen LogP contribution in [0.25, 0.3) is 0 Å². The van der Waals surface area contributed by atoms with Gasteiger partial charge in [0.2, 0.25) is 0 Å². The van der Waals surface area contributed by atoms with E-state index in [0.29, 0.717) is 34.4 Å². The zero-order chi connectivity index (χ0) is 16.6. The Kier molecular flexibility index (Phi) is 4.69. The van der Waals surface area contributed by atoms with E-state index >= 15 is 0 Å². The Morgan fingerprint density at radius 1 is 1.35 bits per heavy atom. The highest BCUT2D eigenvalue weighted by Crippen LogP contribution is 2.43. The molecule has 0 aromatic heterocycles. The lowest BCUT2D eigenvalue weighted by atomic mass is 9.89. The SMILES string of the molecule is CCNC(=O)NC1=NC2C(C[C@H](c3cc(Cl)cc(Cl)c3)[C@@H]2C)N1. The standard InChI is InChI=1S/C16H20Cl2N4O/c1-3-19-16(23)22-15-20-13-7-12(8(2)14(13)21-15)9-4-10(17)6-11(18)5-9/h4-6,8,12-14H,3,7H2,1-2H3,(H3,19,20,21,22,23)/t8-,12-,13?,14?/m0/s1. The van der Waals surface area contributed by atoms with Crippen molar-refractivity contribution in [2.75, 3.05) is 6.54 Å². The maximum absolute atomic E-state index is 11.6. The Bertz CT molecular complexity index is 629. The van der Waals surface area contributed by atoms with E-state index < -0.39 is 0 Å². The fraction of sp³-hybridized carbons (Fsp3) is 0.500. The van der Waals surface area contributed by atoms with Gasteiger partial charge < -0.3 is 10.6 Å². The van der Waals surface area contributed by atoms with Gasteiger partial charge in [-0.25, -0.2) is 9.79 Å². The number of guanidine groups is 1. The number of halogens is 2. The number of benzene rings is 1. The van der Waals surface area contributed by atoms with Gasteiger partial charge in [-0.2, -0.15) is 0 Å². The first-order chi connectivity index (χ1) is 11.0. The molecule has 3 rings (SSSR count). The molecular weight excluding hydrogens is 335 g/mol. The topological polar surface area (TPSA) is 65.5 Å². The van der Waals surface area contributed by atoms with E-state index in [-0.39, 0.29) is 18.1 Å². The van der Waals surface area contributed by atoms with E-state index in [0.717, 1.165) is 12.0 Å². The summed E-state index contributed by atoms with van der Waals surface area (Å²) in [6.45, 7) is 4.64. The number of nitrogens with zero attached hydrogens (tertiary/aromatic N) is 1. The molecular formula is C16H20Cl2N4O. The minimum Gasteiger partial charge on any atom is -0.351 e. The summed E-state index contributed by atoms with van der Waals surface area (Å²) in [4.78, 5) is 16.2. The summed E-state index contributed by atoms with van der Waals surface area (Å²) in [5, 5.41) is 10.1. The van der Waals surface area contributed by atoms with Crippen LogP contribution in [0.2, 0.25) is 10.0 Å². The smallest absolute Gasteiger partial charge is 0.321 e. The van der Waals surface area contributed by atoms with E-state index in [4.69, 9.17) is 23.2 Å². The van der Waals surface area contributed by atoms with Crippen LogP contribution < -0.4 is 16.0 Å². The first-order valence-electron chi connectivity index (χ1n) is 7.83. The second kappa shape index (κ2) is 6.57. The van der Waals surface area contributed by atoms with Gasteiger partial charge in [0, 0.05) is 16.6 Å². The monoisotopic (exact) mass is 354 g/mol. The lowest BCUT2D eigenvalue weighted by Gasteiger charge is -2.18. The van der Waals surface area contributed by atoms with Gasteiger partial charge in [0.05, 0.1) is 12.1 Å². The van der Waals surface area contributed by atoms with Crippen molar-refractivity contribution in [3.63, 3.8) is 0 Å². The van der Waals surface area contributed by atoms with Gasteiger partial charge in [0.1, 0.15) is 0 Å². The van der Waals surface area contributed by atoms with E-state index in [1.165, 1.54) is 0 Å². The molecule has 0 bridgehead atoms. The Labute approximate surface area is 145 Å². The van der Waals surface area contributed by atoms with Crippen LogP contribution in [-0.4, -0.2) is 30.6 Å². The minimum absolute atomic E-state index is 0.148. The van der Waals surface area contributed by atoms with Gasteiger partial charge in [-0.1, -0.05) is 30.1 Å². The summed E-state index contributed by atoms with van der Waals surface area (Å²) < 4.78 is 0. The maximum Gasteiger partial charge on any atom is 0.321 e. The van der Waals surface area contributed by atoms with E-state index in [1.807, 2.05) is 19.1 Å². The van der Waals surface area contributed by atoms with Crippen molar-refractivity contribution >= 4 is 35.2 Å². The van der Waals surface area contributed by atoms with Gasteiger partial charge >= 0.3 is 6.03 Å². The molecule has 2 amide bonds. The number of fused-ring (bicyclic) bond motifs is 1. The van der Waals surface area contributed by atoms with Crippen molar-refractivity contribution in [3.05, 3.63) is 33.8 Å². The molecule has 5 nitrogen and oxygen atoms in total. The fourth-order valence-electron chi connectivity index (χ4n) is 3.56. The summed E-state index contributed by atoms with van der Waals surface area (Å²) in [6.07, 6.45) is 0.937. The second-order valence-electron chi connectivity index (χ2n) is 6.11. The lowest BCUT2D eigenvalue weighted by Crippen LogP contribution is -2.46. The first-order valence-corrected chi connectivity index (χ1v) is 8.58. The van der Waals surface area contributed by atoms with Gasteiger partial charge in [-0.05, 0) is 48.9 Å². The number of hydrogen-bond donors (Lipinski definition) is 3. The number of nitrogens with one attached hydrogen (secondary N) is 3. The van der Waals surface area contributed by atoms with Crippen LogP contribution in [0, 0.1) is 5.92 Å². The molecule has 124 valence electrons.